The van der Waals surface area contributed by atoms with Crippen LogP contribution >= 0.6 is 0 Å². The average molecular weight is 343 g/mol. The molecule has 0 aliphatic carbocycles. The Balaban J connectivity index is 1.39. The molecule has 3 aliphatic heterocycles. The Morgan fingerprint density at radius 1 is 1.16 bits per heavy atom. The number of methoxy groups -OCH3 is 1. The molecule has 0 saturated carbocycles. The van der Waals surface area contributed by atoms with E-state index in [-0.39, 0.29) is 11.3 Å². The molecule has 0 bridgehead atoms. The first kappa shape index (κ1) is 16.7. The monoisotopic (exact) mass is 343 g/mol. The fourth-order valence-corrected chi connectivity index (χ4v) is 4.59. The number of piperidine rings is 1. The summed E-state index contributed by atoms with van der Waals surface area (Å²) in [5, 5.41) is 3.01. The van der Waals surface area contributed by atoms with Crippen molar-refractivity contribution < 1.29 is 9.53 Å². The highest BCUT2D eigenvalue weighted by atomic mass is 16.5. The minimum atomic E-state index is 0.227. The molecule has 3 aliphatic rings. The molecule has 1 amide bonds. The predicted molar refractivity (Wildman–Crippen MR) is 99.0 cm³/mol. The number of nitrogens with zero attached hydrogens (tertiary/aromatic N) is 2. The minimum Gasteiger partial charge on any atom is -0.495 e. The third kappa shape index (κ3) is 3.47. The number of likely N-dealkylation sites (tertiary alicyclic amines) is 1. The molecule has 4 rings (SSSR count). The van der Waals surface area contributed by atoms with Crippen LogP contribution in [0.15, 0.2) is 18.2 Å². The summed E-state index contributed by atoms with van der Waals surface area (Å²) in [4.78, 5) is 16.5. The summed E-state index contributed by atoms with van der Waals surface area (Å²) in [5.74, 6) is 1.23. The van der Waals surface area contributed by atoms with Crippen molar-refractivity contribution in [1.82, 2.24) is 10.2 Å². The van der Waals surface area contributed by atoms with Crippen molar-refractivity contribution in [2.75, 3.05) is 44.7 Å². The Morgan fingerprint density at radius 2 is 1.92 bits per heavy atom. The highest BCUT2D eigenvalue weighted by molar-refractivity contribution is 5.79. The van der Waals surface area contributed by atoms with Crippen LogP contribution in [0.2, 0.25) is 0 Å². The van der Waals surface area contributed by atoms with Gasteiger partial charge in [-0.05, 0) is 61.9 Å². The van der Waals surface area contributed by atoms with Gasteiger partial charge in [-0.2, -0.15) is 0 Å². The fraction of sp³-hybridized carbons (Fsp3) is 0.650. The zero-order valence-corrected chi connectivity index (χ0v) is 15.2. The summed E-state index contributed by atoms with van der Waals surface area (Å²) in [5.41, 5.74) is 2.78. The number of amides is 1. The van der Waals surface area contributed by atoms with Crippen molar-refractivity contribution in [2.45, 2.75) is 38.6 Å². The molecule has 3 fully saturated rings. The fourth-order valence-electron chi connectivity index (χ4n) is 4.59. The second-order valence-corrected chi connectivity index (χ2v) is 7.93. The van der Waals surface area contributed by atoms with Gasteiger partial charge in [0.2, 0.25) is 5.91 Å². The maximum absolute atomic E-state index is 11.6. The molecule has 3 heterocycles. The number of anilines is 1. The third-order valence-electron chi connectivity index (χ3n) is 6.21. The third-order valence-corrected chi connectivity index (χ3v) is 6.21. The normalized spacial score (nSPS) is 23.2. The van der Waals surface area contributed by atoms with Crippen LogP contribution < -0.4 is 15.0 Å². The molecule has 1 aromatic rings. The lowest BCUT2D eigenvalue weighted by Crippen LogP contribution is -2.40. The summed E-state index contributed by atoms with van der Waals surface area (Å²) in [7, 11) is 1.77. The van der Waals surface area contributed by atoms with E-state index in [0.29, 0.717) is 0 Å². The Labute approximate surface area is 150 Å². The van der Waals surface area contributed by atoms with Crippen molar-refractivity contribution in [3.05, 3.63) is 23.8 Å². The first-order chi connectivity index (χ1) is 12.2. The van der Waals surface area contributed by atoms with E-state index in [4.69, 9.17) is 4.74 Å². The smallest absolute Gasteiger partial charge is 0.220 e. The molecule has 136 valence electrons. The predicted octanol–water partition coefficient (Wildman–Crippen LogP) is 2.40. The van der Waals surface area contributed by atoms with Crippen LogP contribution in [0.1, 0.15) is 37.7 Å². The molecule has 0 aromatic heterocycles. The van der Waals surface area contributed by atoms with Crippen LogP contribution in [0.3, 0.4) is 0 Å². The Hall–Kier alpha value is -1.75. The number of ether oxygens (including phenoxy) is 1. The van der Waals surface area contributed by atoms with Crippen LogP contribution in [-0.2, 0) is 11.3 Å². The van der Waals surface area contributed by atoms with E-state index in [2.05, 4.69) is 33.3 Å². The van der Waals surface area contributed by atoms with E-state index in [1.165, 1.54) is 24.1 Å². The standard InChI is InChI=1S/C20H29N3O2/c1-25-18-12-16(4-5-17(18)23-8-2-3-9-23)14-22-10-6-20(7-11-22)13-19(24)21-15-20/h4-5,12H,2-3,6-11,13-15H2,1H3,(H,21,24). The number of carbonyl (C=O) groups excluding carboxylic acids is 1. The Bertz CT molecular complexity index is 632. The molecule has 5 nitrogen and oxygen atoms in total. The van der Waals surface area contributed by atoms with Crippen molar-refractivity contribution in [1.29, 1.82) is 0 Å². The summed E-state index contributed by atoms with van der Waals surface area (Å²) in [6.45, 7) is 6.26. The zero-order valence-electron chi connectivity index (χ0n) is 15.2. The van der Waals surface area contributed by atoms with Crippen LogP contribution in [0, 0.1) is 5.41 Å². The SMILES string of the molecule is COc1cc(CN2CCC3(CC2)CNC(=O)C3)ccc1N1CCCC1. The number of hydrogen-bond acceptors (Lipinski definition) is 4. The van der Waals surface area contributed by atoms with E-state index >= 15 is 0 Å². The average Bonchev–Trinajstić information content (AvgIpc) is 3.28. The van der Waals surface area contributed by atoms with Gasteiger partial charge < -0.3 is 15.0 Å². The molecule has 5 heteroatoms. The molecular weight excluding hydrogens is 314 g/mol. The first-order valence-corrected chi connectivity index (χ1v) is 9.58. The van der Waals surface area contributed by atoms with Crippen LogP contribution in [0.5, 0.6) is 5.75 Å². The molecule has 25 heavy (non-hydrogen) atoms. The van der Waals surface area contributed by atoms with Gasteiger partial charge in [-0.1, -0.05) is 6.07 Å². The lowest BCUT2D eigenvalue weighted by atomic mass is 9.77. The van der Waals surface area contributed by atoms with Gasteiger partial charge in [0.15, 0.2) is 0 Å². The van der Waals surface area contributed by atoms with Gasteiger partial charge in [0.25, 0.3) is 0 Å². The van der Waals surface area contributed by atoms with Gasteiger partial charge >= 0.3 is 0 Å². The lowest BCUT2D eigenvalue weighted by Gasteiger charge is -2.38. The highest BCUT2D eigenvalue weighted by Crippen LogP contribution is 2.38. The Kier molecular flexibility index (Phi) is 4.59. The van der Waals surface area contributed by atoms with E-state index in [9.17, 15) is 4.79 Å². The molecule has 1 N–H and O–H groups in total. The number of benzene rings is 1. The molecule has 3 saturated heterocycles. The maximum atomic E-state index is 11.6. The van der Waals surface area contributed by atoms with Gasteiger partial charge in [0, 0.05) is 32.6 Å². The maximum Gasteiger partial charge on any atom is 0.220 e. The topological polar surface area (TPSA) is 44.8 Å². The summed E-state index contributed by atoms with van der Waals surface area (Å²) in [6.07, 6.45) is 5.51. The van der Waals surface area contributed by atoms with Gasteiger partial charge in [-0.25, -0.2) is 0 Å². The second kappa shape index (κ2) is 6.87. The van der Waals surface area contributed by atoms with Crippen LogP contribution in [-0.4, -0.2) is 50.6 Å². The largest absolute Gasteiger partial charge is 0.495 e. The van der Waals surface area contributed by atoms with Gasteiger partial charge in [0.1, 0.15) is 5.75 Å². The molecule has 0 radical (unpaired) electrons. The molecule has 0 atom stereocenters. The Morgan fingerprint density at radius 3 is 2.56 bits per heavy atom. The molecule has 1 spiro atoms. The van der Waals surface area contributed by atoms with Crippen molar-refractivity contribution >= 4 is 11.6 Å². The highest BCUT2D eigenvalue weighted by Gasteiger charge is 2.40. The van der Waals surface area contributed by atoms with Crippen molar-refractivity contribution in [3.8, 4) is 5.75 Å². The molecule has 0 unspecified atom stereocenters. The second-order valence-electron chi connectivity index (χ2n) is 7.93. The molecular formula is C20H29N3O2. The van der Waals surface area contributed by atoms with Crippen molar-refractivity contribution in [2.24, 2.45) is 5.41 Å². The number of nitrogens with one attached hydrogen (secondary N) is 1. The number of rotatable bonds is 4. The summed E-state index contributed by atoms with van der Waals surface area (Å²) < 4.78 is 5.67. The summed E-state index contributed by atoms with van der Waals surface area (Å²) in [6, 6.07) is 6.68. The quantitative estimate of drug-likeness (QED) is 0.912. The summed E-state index contributed by atoms with van der Waals surface area (Å²) >= 11 is 0. The zero-order chi connectivity index (χ0) is 17.3. The van der Waals surface area contributed by atoms with E-state index < -0.39 is 0 Å². The van der Waals surface area contributed by atoms with Gasteiger partial charge in [-0.3, -0.25) is 9.69 Å². The van der Waals surface area contributed by atoms with Crippen molar-refractivity contribution in [3.63, 3.8) is 0 Å². The lowest BCUT2D eigenvalue weighted by molar-refractivity contribution is -0.119. The van der Waals surface area contributed by atoms with E-state index in [1.54, 1.807) is 7.11 Å². The van der Waals surface area contributed by atoms with Crippen LogP contribution in [0.25, 0.3) is 0 Å². The number of hydrogen-bond donors (Lipinski definition) is 1. The molecule has 1 aromatic carbocycles. The van der Waals surface area contributed by atoms with E-state index in [0.717, 1.165) is 64.3 Å². The minimum absolute atomic E-state index is 0.227. The van der Waals surface area contributed by atoms with E-state index in [1.807, 2.05) is 0 Å². The first-order valence-electron chi connectivity index (χ1n) is 9.58. The van der Waals surface area contributed by atoms with Gasteiger partial charge in [0.05, 0.1) is 12.8 Å². The number of carbonyl (C=O) groups is 1. The van der Waals surface area contributed by atoms with Crippen LogP contribution in [0.4, 0.5) is 5.69 Å². The van der Waals surface area contributed by atoms with Gasteiger partial charge in [-0.15, -0.1) is 0 Å².